The van der Waals surface area contributed by atoms with Gasteiger partial charge in [0.1, 0.15) is 5.82 Å². The highest BCUT2D eigenvalue weighted by atomic mass is 32.2. The maximum atomic E-state index is 12.8. The van der Waals surface area contributed by atoms with Crippen LogP contribution in [-0.4, -0.2) is 59.9 Å². The van der Waals surface area contributed by atoms with Crippen LogP contribution in [0.15, 0.2) is 35.5 Å². The highest BCUT2D eigenvalue weighted by molar-refractivity contribution is 8.14. The number of amides is 1. The first-order valence-corrected chi connectivity index (χ1v) is 11.4. The van der Waals surface area contributed by atoms with Gasteiger partial charge in [0.25, 0.3) is 5.91 Å². The molecular weight excluding hydrogens is 394 g/mol. The van der Waals surface area contributed by atoms with Gasteiger partial charge in [-0.25, -0.2) is 4.98 Å². The van der Waals surface area contributed by atoms with Gasteiger partial charge in [-0.3, -0.25) is 9.79 Å². The molecule has 1 aromatic carbocycles. The highest BCUT2D eigenvalue weighted by Gasteiger charge is 2.25. The Kier molecular flexibility index (Phi) is 6.11. The summed E-state index contributed by atoms with van der Waals surface area (Å²) in [5.74, 6) is 1.58. The average Bonchev–Trinajstić information content (AvgIpc) is 3.15. The molecule has 1 saturated heterocycles. The van der Waals surface area contributed by atoms with Crippen LogP contribution in [0.2, 0.25) is 0 Å². The fourth-order valence-electron chi connectivity index (χ4n) is 4.24. The predicted molar refractivity (Wildman–Crippen MR) is 125 cm³/mol. The lowest BCUT2D eigenvalue weighted by molar-refractivity contribution is 0.0978. The van der Waals surface area contributed by atoms with E-state index in [4.69, 9.17) is 4.99 Å². The fraction of sp³-hybridized carbons (Fsp3) is 0.435. The molecule has 1 atom stereocenters. The number of nitrogens with zero attached hydrogens (tertiary/aromatic N) is 4. The molecule has 30 heavy (non-hydrogen) atoms. The van der Waals surface area contributed by atoms with Gasteiger partial charge in [-0.15, -0.1) is 0 Å². The number of aliphatic imine (C=N–C) groups is 1. The fourth-order valence-corrected chi connectivity index (χ4v) is 5.17. The number of nitrogens with one attached hydrogen (secondary N) is 1. The van der Waals surface area contributed by atoms with Crippen molar-refractivity contribution in [1.82, 2.24) is 15.2 Å². The molecule has 2 aromatic rings. The van der Waals surface area contributed by atoms with E-state index in [2.05, 4.69) is 60.1 Å². The topological polar surface area (TPSA) is 60.8 Å². The number of pyridine rings is 1. The summed E-state index contributed by atoms with van der Waals surface area (Å²) in [7, 11) is 2.13. The van der Waals surface area contributed by atoms with Crippen LogP contribution in [0.4, 0.5) is 5.82 Å². The molecule has 1 N–H and O–H groups in total. The molecule has 0 saturated carbocycles. The second-order valence-electron chi connectivity index (χ2n) is 8.22. The molecule has 1 aromatic heterocycles. The summed E-state index contributed by atoms with van der Waals surface area (Å²) in [6, 6.07) is 8.14. The standard InChI is InChI=1S/C23H29N5OS/c1-15-11-16(2)21(17(3)12-15)19-14-30-23(25-19)26-22(29)18-5-6-24-20(13-18)28-9-7-27(4)8-10-28/h5-6,11-13,19H,7-10,14H2,1-4H3,(H,25,26,29). The number of piperazine rings is 1. The summed E-state index contributed by atoms with van der Waals surface area (Å²) >= 11 is 1.61. The zero-order chi connectivity index (χ0) is 21.3. The van der Waals surface area contributed by atoms with E-state index in [0.717, 1.165) is 37.7 Å². The average molecular weight is 424 g/mol. The quantitative estimate of drug-likeness (QED) is 0.821. The van der Waals surface area contributed by atoms with E-state index in [1.54, 1.807) is 24.0 Å². The summed E-state index contributed by atoms with van der Waals surface area (Å²) in [5, 5.41) is 3.70. The van der Waals surface area contributed by atoms with Gasteiger partial charge in [-0.2, -0.15) is 0 Å². The molecule has 7 heteroatoms. The Morgan fingerprint density at radius 1 is 1.10 bits per heavy atom. The second kappa shape index (κ2) is 8.78. The Morgan fingerprint density at radius 2 is 1.80 bits per heavy atom. The molecule has 1 fully saturated rings. The lowest BCUT2D eigenvalue weighted by atomic mass is 9.95. The molecule has 0 bridgehead atoms. The van der Waals surface area contributed by atoms with Gasteiger partial charge in [0.05, 0.1) is 6.04 Å². The van der Waals surface area contributed by atoms with Crippen molar-refractivity contribution in [3.05, 3.63) is 58.3 Å². The number of hydrogen-bond acceptors (Lipinski definition) is 6. The van der Waals surface area contributed by atoms with E-state index in [0.29, 0.717) is 10.7 Å². The van der Waals surface area contributed by atoms with Crippen molar-refractivity contribution >= 4 is 28.7 Å². The highest BCUT2D eigenvalue weighted by Crippen LogP contribution is 2.34. The van der Waals surface area contributed by atoms with Gasteiger partial charge in [-0.05, 0) is 56.6 Å². The summed E-state index contributed by atoms with van der Waals surface area (Å²) in [6.45, 7) is 10.3. The molecule has 1 unspecified atom stereocenters. The molecule has 3 heterocycles. The number of carbonyl (C=O) groups is 1. The Balaban J connectivity index is 1.46. The van der Waals surface area contributed by atoms with Crippen LogP contribution in [0.3, 0.4) is 0 Å². The van der Waals surface area contributed by atoms with Crippen molar-refractivity contribution in [2.75, 3.05) is 43.9 Å². The number of aryl methyl sites for hydroxylation is 3. The van der Waals surface area contributed by atoms with E-state index in [-0.39, 0.29) is 11.9 Å². The monoisotopic (exact) mass is 423 g/mol. The zero-order valence-corrected chi connectivity index (χ0v) is 18.9. The second-order valence-corrected chi connectivity index (χ2v) is 9.23. The molecule has 1 amide bonds. The Bertz CT molecular complexity index is 958. The van der Waals surface area contributed by atoms with Crippen molar-refractivity contribution in [3.8, 4) is 0 Å². The van der Waals surface area contributed by atoms with E-state index < -0.39 is 0 Å². The van der Waals surface area contributed by atoms with Crippen molar-refractivity contribution < 1.29 is 4.79 Å². The van der Waals surface area contributed by atoms with Gasteiger partial charge in [0, 0.05) is 43.7 Å². The van der Waals surface area contributed by atoms with Gasteiger partial charge in [0.15, 0.2) is 5.17 Å². The van der Waals surface area contributed by atoms with Gasteiger partial charge in [-0.1, -0.05) is 29.5 Å². The van der Waals surface area contributed by atoms with Crippen LogP contribution in [0.25, 0.3) is 0 Å². The third kappa shape index (κ3) is 4.52. The minimum absolute atomic E-state index is 0.0873. The maximum Gasteiger partial charge on any atom is 0.257 e. The predicted octanol–water partition coefficient (Wildman–Crippen LogP) is 3.33. The number of hydrogen-bond donors (Lipinski definition) is 1. The molecule has 6 nitrogen and oxygen atoms in total. The van der Waals surface area contributed by atoms with Gasteiger partial charge in [0.2, 0.25) is 0 Å². The smallest absolute Gasteiger partial charge is 0.257 e. The van der Waals surface area contributed by atoms with Crippen molar-refractivity contribution in [3.63, 3.8) is 0 Å². The maximum absolute atomic E-state index is 12.8. The molecule has 0 radical (unpaired) electrons. The number of anilines is 1. The number of rotatable bonds is 3. The largest absolute Gasteiger partial charge is 0.354 e. The van der Waals surface area contributed by atoms with Crippen molar-refractivity contribution in [1.29, 1.82) is 0 Å². The minimum atomic E-state index is -0.128. The summed E-state index contributed by atoms with van der Waals surface area (Å²) in [4.78, 5) is 26.7. The SMILES string of the molecule is Cc1cc(C)c(C2CSC(NC(=O)c3ccnc(N4CCN(C)CC4)c3)=N2)c(C)c1. The third-order valence-corrected chi connectivity index (χ3v) is 6.74. The summed E-state index contributed by atoms with van der Waals surface area (Å²) in [5.41, 5.74) is 5.69. The van der Waals surface area contributed by atoms with Crippen LogP contribution < -0.4 is 10.2 Å². The van der Waals surface area contributed by atoms with E-state index >= 15 is 0 Å². The normalized spacial score (nSPS) is 19.7. The lowest BCUT2D eigenvalue weighted by Gasteiger charge is -2.33. The van der Waals surface area contributed by atoms with Gasteiger partial charge < -0.3 is 15.1 Å². The first kappa shape index (κ1) is 20.9. The molecule has 0 aliphatic carbocycles. The van der Waals surface area contributed by atoms with Crippen LogP contribution >= 0.6 is 11.8 Å². The van der Waals surface area contributed by atoms with E-state index in [1.165, 1.54) is 22.3 Å². The van der Waals surface area contributed by atoms with Crippen LogP contribution in [0.5, 0.6) is 0 Å². The number of likely N-dealkylation sites (N-methyl/N-ethyl adjacent to an activating group) is 1. The van der Waals surface area contributed by atoms with Gasteiger partial charge >= 0.3 is 0 Å². The first-order chi connectivity index (χ1) is 14.4. The summed E-state index contributed by atoms with van der Waals surface area (Å²) < 4.78 is 0. The molecular formula is C23H29N5OS. The minimum Gasteiger partial charge on any atom is -0.354 e. The van der Waals surface area contributed by atoms with Crippen molar-refractivity contribution in [2.24, 2.45) is 4.99 Å². The van der Waals surface area contributed by atoms with Crippen LogP contribution in [0, 0.1) is 20.8 Å². The third-order valence-electron chi connectivity index (χ3n) is 5.78. The molecule has 158 valence electrons. The molecule has 2 aliphatic heterocycles. The number of aromatic nitrogens is 1. The van der Waals surface area contributed by atoms with Crippen LogP contribution in [-0.2, 0) is 0 Å². The molecule has 2 aliphatic rings. The zero-order valence-electron chi connectivity index (χ0n) is 18.1. The lowest BCUT2D eigenvalue weighted by Crippen LogP contribution is -2.44. The Labute approximate surface area is 182 Å². The van der Waals surface area contributed by atoms with Crippen LogP contribution in [0.1, 0.15) is 38.7 Å². The van der Waals surface area contributed by atoms with Crippen molar-refractivity contribution in [2.45, 2.75) is 26.8 Å². The molecule has 0 spiro atoms. The Morgan fingerprint density at radius 3 is 2.50 bits per heavy atom. The number of amidine groups is 1. The molecule has 4 rings (SSSR count). The van der Waals surface area contributed by atoms with E-state index in [1.807, 2.05) is 6.07 Å². The van der Waals surface area contributed by atoms with E-state index in [9.17, 15) is 4.79 Å². The Hall–Kier alpha value is -2.38. The summed E-state index contributed by atoms with van der Waals surface area (Å²) in [6.07, 6.45) is 1.72. The first-order valence-electron chi connectivity index (χ1n) is 10.4. The number of thioether (sulfide) groups is 1. The number of benzene rings is 1. The number of carbonyl (C=O) groups excluding carboxylic acids is 1.